The first-order chi connectivity index (χ1) is 29.2. The third-order valence-corrected chi connectivity index (χ3v) is 11.8. The lowest BCUT2D eigenvalue weighted by Gasteiger charge is -2.22. The number of dihydropyridines is 1. The first-order valence-corrected chi connectivity index (χ1v) is 20.5. The predicted molar refractivity (Wildman–Crippen MR) is 249 cm³/mol. The maximum atomic E-state index is 4.78. The van der Waals surface area contributed by atoms with Gasteiger partial charge in [0, 0.05) is 99.5 Å². The van der Waals surface area contributed by atoms with Crippen LogP contribution in [0.3, 0.4) is 0 Å². The molecule has 6 heteroatoms. The lowest BCUT2D eigenvalue weighted by molar-refractivity contribution is 0.764. The van der Waals surface area contributed by atoms with Gasteiger partial charge >= 0.3 is 0 Å². The first kappa shape index (κ1) is 37.0. The zero-order chi connectivity index (χ0) is 41.1. The van der Waals surface area contributed by atoms with Crippen LogP contribution in [0, 0.1) is 34.6 Å². The van der Waals surface area contributed by atoms with Gasteiger partial charge < -0.3 is 5.32 Å². The van der Waals surface area contributed by atoms with E-state index in [1.54, 1.807) is 0 Å². The Hall–Kier alpha value is -7.31. The topological polar surface area (TPSA) is 76.5 Å². The summed E-state index contributed by atoms with van der Waals surface area (Å²) in [7, 11) is 0. The normalized spacial score (nSPS) is 13.8. The van der Waals surface area contributed by atoms with Gasteiger partial charge in [0.1, 0.15) is 0 Å². The van der Waals surface area contributed by atoms with Crippen LogP contribution in [0.5, 0.6) is 0 Å². The van der Waals surface area contributed by atoms with Gasteiger partial charge in [0.05, 0.1) is 0 Å². The molecule has 4 aromatic carbocycles. The van der Waals surface area contributed by atoms with Crippen molar-refractivity contribution in [1.29, 1.82) is 0 Å². The Morgan fingerprint density at radius 1 is 0.367 bits per heavy atom. The fraction of sp³-hybridized carbons (Fsp3) is 0.130. The van der Waals surface area contributed by atoms with Gasteiger partial charge in [0.2, 0.25) is 0 Å². The molecule has 0 spiro atoms. The van der Waals surface area contributed by atoms with Crippen LogP contribution in [0.15, 0.2) is 146 Å². The summed E-state index contributed by atoms with van der Waals surface area (Å²) >= 11 is 0. The zero-order valence-electron chi connectivity index (χ0n) is 34.7. The summed E-state index contributed by atoms with van der Waals surface area (Å²) in [6.07, 6.45) is 16.6. The molecule has 0 fully saturated rings. The second kappa shape index (κ2) is 14.8. The van der Waals surface area contributed by atoms with E-state index in [1.165, 1.54) is 0 Å². The van der Waals surface area contributed by atoms with E-state index >= 15 is 0 Å². The molecule has 1 atom stereocenters. The smallest absolute Gasteiger partial charge is 0.0414 e. The summed E-state index contributed by atoms with van der Waals surface area (Å²) in [5.74, 6) is 0. The van der Waals surface area contributed by atoms with Crippen molar-refractivity contribution in [1.82, 2.24) is 30.2 Å². The Morgan fingerprint density at radius 2 is 0.633 bits per heavy atom. The lowest BCUT2D eigenvalue weighted by atomic mass is 9.83. The van der Waals surface area contributed by atoms with Gasteiger partial charge in [-0.15, -0.1) is 0 Å². The highest BCUT2D eigenvalue weighted by Crippen LogP contribution is 2.47. The first-order valence-electron chi connectivity index (χ1n) is 20.5. The van der Waals surface area contributed by atoms with Gasteiger partial charge in [-0.1, -0.05) is 42.5 Å². The number of pyridine rings is 5. The number of benzene rings is 4. The third-order valence-electron chi connectivity index (χ3n) is 11.8. The minimum Gasteiger partial charge on any atom is -0.384 e. The zero-order valence-corrected chi connectivity index (χ0v) is 34.7. The highest BCUT2D eigenvalue weighted by Gasteiger charge is 2.22. The van der Waals surface area contributed by atoms with Gasteiger partial charge in [0.15, 0.2) is 0 Å². The van der Waals surface area contributed by atoms with Crippen LogP contribution >= 0.6 is 0 Å². The van der Waals surface area contributed by atoms with E-state index in [4.69, 9.17) is 24.9 Å². The maximum absolute atomic E-state index is 4.78. The molecule has 5 aromatic heterocycles. The van der Waals surface area contributed by atoms with Gasteiger partial charge in [0.25, 0.3) is 0 Å². The van der Waals surface area contributed by atoms with Crippen LogP contribution in [0.4, 0.5) is 0 Å². The van der Waals surface area contributed by atoms with E-state index in [-0.39, 0.29) is 6.04 Å². The van der Waals surface area contributed by atoms with Crippen molar-refractivity contribution in [3.63, 3.8) is 0 Å². The molecule has 0 saturated carbocycles. The van der Waals surface area contributed by atoms with Crippen molar-refractivity contribution in [2.24, 2.45) is 0 Å². The third kappa shape index (κ3) is 6.70. The number of allylic oxidation sites excluding steroid dienone is 2. The van der Waals surface area contributed by atoms with E-state index < -0.39 is 0 Å². The minimum atomic E-state index is 0.247. The number of rotatable bonds is 6. The van der Waals surface area contributed by atoms with E-state index in [9.17, 15) is 0 Å². The number of nitrogens with one attached hydrogen (secondary N) is 1. The summed E-state index contributed by atoms with van der Waals surface area (Å²) in [5.41, 5.74) is 18.0. The molecule has 60 heavy (non-hydrogen) atoms. The Balaban J connectivity index is 1.40. The van der Waals surface area contributed by atoms with Gasteiger partial charge in [-0.05, 0) is 180 Å². The Morgan fingerprint density at radius 3 is 0.867 bits per heavy atom. The summed E-state index contributed by atoms with van der Waals surface area (Å²) in [5, 5.41) is 10.5. The Bertz CT molecular complexity index is 3100. The summed E-state index contributed by atoms with van der Waals surface area (Å²) in [4.78, 5) is 23.9. The molecular weight excluding hydrogens is 733 g/mol. The van der Waals surface area contributed by atoms with Crippen LogP contribution in [0.2, 0.25) is 0 Å². The molecule has 290 valence electrons. The molecule has 1 aliphatic rings. The molecule has 1 unspecified atom stereocenters. The summed E-state index contributed by atoms with van der Waals surface area (Å²) in [6.45, 7) is 12.3. The standard InChI is InChI=1S/C54H44N6/c1-31-7-13-37(25-55-31)43-19-49-50(20-44(43)38-14-8-32(2)56-26-38)52-22-46(40-16-10-34(4)58-28-40)48(42-18-12-36(6)60-30-42)24-54(52)53-23-47(41-17-11-35(5)59-29-41)45(21-51(49)53)39-15-9-33(3)57-27-39/h7-31,55H,1-6H3. The van der Waals surface area contributed by atoms with Gasteiger partial charge in [-0.3, -0.25) is 24.9 Å². The summed E-state index contributed by atoms with van der Waals surface area (Å²) in [6, 6.07) is 35.9. The van der Waals surface area contributed by atoms with E-state index in [1.807, 2.05) is 65.6 Å². The highest BCUT2D eigenvalue weighted by molar-refractivity contribution is 6.29. The minimum absolute atomic E-state index is 0.247. The Labute approximate surface area is 350 Å². The molecule has 0 amide bonds. The average molecular weight is 777 g/mol. The predicted octanol–water partition coefficient (Wildman–Crippen LogP) is 12.9. The molecule has 0 bridgehead atoms. The average Bonchev–Trinajstić information content (AvgIpc) is 3.27. The van der Waals surface area contributed by atoms with Crippen molar-refractivity contribution >= 4 is 37.9 Å². The van der Waals surface area contributed by atoms with Crippen LogP contribution in [-0.4, -0.2) is 31.0 Å². The SMILES string of the molecule is Cc1ccc(-c2cc3c(cc2C2=CNC(C)C=C2)c2cc(-c4ccc(C)nc4)c(-c4ccc(C)nc4)cc2c2cc(-c4ccc(C)nc4)c(-c4ccc(C)nc4)cc32)cn1. The second-order valence-electron chi connectivity index (χ2n) is 16.2. The fourth-order valence-corrected chi connectivity index (χ4v) is 8.45. The fourth-order valence-electron chi connectivity index (χ4n) is 8.45. The summed E-state index contributed by atoms with van der Waals surface area (Å²) < 4.78 is 0. The van der Waals surface area contributed by atoms with Crippen molar-refractivity contribution in [2.75, 3.05) is 0 Å². The quantitative estimate of drug-likeness (QED) is 0.170. The molecule has 9 aromatic rings. The van der Waals surface area contributed by atoms with Gasteiger partial charge in [-0.25, -0.2) is 0 Å². The van der Waals surface area contributed by atoms with Crippen LogP contribution < -0.4 is 5.32 Å². The number of aryl methyl sites for hydroxylation is 5. The molecule has 0 saturated heterocycles. The number of hydrogen-bond acceptors (Lipinski definition) is 6. The molecule has 0 aliphatic carbocycles. The van der Waals surface area contributed by atoms with Gasteiger partial charge in [-0.2, -0.15) is 0 Å². The molecule has 1 N–H and O–H groups in total. The second-order valence-corrected chi connectivity index (χ2v) is 16.2. The highest BCUT2D eigenvalue weighted by atomic mass is 14.9. The molecule has 6 heterocycles. The largest absolute Gasteiger partial charge is 0.384 e. The van der Waals surface area contributed by atoms with Crippen molar-refractivity contribution in [3.05, 3.63) is 180 Å². The molecule has 6 nitrogen and oxygen atoms in total. The molecule has 0 radical (unpaired) electrons. The molecule has 1 aliphatic heterocycles. The number of nitrogens with zero attached hydrogens (tertiary/aromatic N) is 5. The number of aromatic nitrogens is 5. The van der Waals surface area contributed by atoms with Crippen LogP contribution in [0.25, 0.3) is 93.5 Å². The number of fused-ring (bicyclic) bond motifs is 6. The number of hydrogen-bond donors (Lipinski definition) is 1. The van der Waals surface area contributed by atoms with Crippen LogP contribution in [-0.2, 0) is 0 Å². The van der Waals surface area contributed by atoms with Crippen molar-refractivity contribution in [3.8, 4) is 55.6 Å². The maximum Gasteiger partial charge on any atom is 0.0414 e. The Kier molecular flexibility index (Phi) is 9.13. The van der Waals surface area contributed by atoms with Crippen molar-refractivity contribution in [2.45, 2.75) is 47.6 Å². The van der Waals surface area contributed by atoms with E-state index in [0.29, 0.717) is 0 Å². The molecule has 10 rings (SSSR count). The van der Waals surface area contributed by atoms with Crippen LogP contribution in [0.1, 0.15) is 41.0 Å². The molecular formula is C54H44N6. The van der Waals surface area contributed by atoms with E-state index in [0.717, 1.165) is 128 Å². The monoisotopic (exact) mass is 776 g/mol. The van der Waals surface area contributed by atoms with Crippen molar-refractivity contribution < 1.29 is 0 Å². The lowest BCUT2D eigenvalue weighted by Crippen LogP contribution is -2.20. The van der Waals surface area contributed by atoms with E-state index in [2.05, 4.69) is 128 Å².